The first-order valence-electron chi connectivity index (χ1n) is 7.54. The Morgan fingerprint density at radius 1 is 1.25 bits per heavy atom. The van der Waals surface area contributed by atoms with Gasteiger partial charge in [0.1, 0.15) is 11.6 Å². The number of hydrogen-bond donors (Lipinski definition) is 1. The van der Waals surface area contributed by atoms with E-state index in [9.17, 15) is 4.39 Å². The van der Waals surface area contributed by atoms with Crippen LogP contribution in [0.1, 0.15) is 31.2 Å². The van der Waals surface area contributed by atoms with Crippen molar-refractivity contribution in [3.63, 3.8) is 0 Å². The molecule has 1 aromatic carbocycles. The molecule has 0 radical (unpaired) electrons. The number of ether oxygens (including phenoxy) is 1. The van der Waals surface area contributed by atoms with E-state index >= 15 is 0 Å². The highest BCUT2D eigenvalue weighted by molar-refractivity contribution is 9.10. The Kier molecular flexibility index (Phi) is 4.61. The van der Waals surface area contributed by atoms with Crippen molar-refractivity contribution >= 4 is 15.9 Å². The lowest BCUT2D eigenvalue weighted by Crippen LogP contribution is -2.31. The average Bonchev–Trinajstić information content (AvgIpc) is 3.23. The molecule has 1 unspecified atom stereocenters. The molecular formula is C16H21BrFNO. The molecule has 0 amide bonds. The van der Waals surface area contributed by atoms with Crippen LogP contribution in [0.5, 0.6) is 5.75 Å². The van der Waals surface area contributed by atoms with Gasteiger partial charge in [0.05, 0.1) is 11.1 Å². The van der Waals surface area contributed by atoms with Crippen LogP contribution in [0, 0.1) is 17.7 Å². The highest BCUT2D eigenvalue weighted by Gasteiger charge is 2.24. The molecule has 4 heteroatoms. The van der Waals surface area contributed by atoms with Crippen molar-refractivity contribution in [1.29, 1.82) is 0 Å². The van der Waals surface area contributed by atoms with E-state index in [1.165, 1.54) is 31.7 Å². The summed E-state index contributed by atoms with van der Waals surface area (Å²) in [4.78, 5) is 0. The first kappa shape index (κ1) is 14.3. The van der Waals surface area contributed by atoms with Gasteiger partial charge in [-0.05, 0) is 90.7 Å². The van der Waals surface area contributed by atoms with Crippen molar-refractivity contribution in [2.24, 2.45) is 11.8 Å². The van der Waals surface area contributed by atoms with Gasteiger partial charge in [-0.25, -0.2) is 4.39 Å². The van der Waals surface area contributed by atoms with Gasteiger partial charge in [-0.1, -0.05) is 0 Å². The van der Waals surface area contributed by atoms with Gasteiger partial charge >= 0.3 is 0 Å². The van der Waals surface area contributed by atoms with E-state index in [0.717, 1.165) is 41.9 Å². The normalized spacial score (nSPS) is 22.8. The molecule has 20 heavy (non-hydrogen) atoms. The van der Waals surface area contributed by atoms with Gasteiger partial charge in [-0.2, -0.15) is 0 Å². The van der Waals surface area contributed by atoms with Crippen LogP contribution >= 0.6 is 15.9 Å². The highest BCUT2D eigenvalue weighted by atomic mass is 79.9. The Balaban J connectivity index is 1.74. The fourth-order valence-electron chi connectivity index (χ4n) is 2.82. The predicted octanol–water partition coefficient (Wildman–Crippen LogP) is 3.92. The maximum Gasteiger partial charge on any atom is 0.136 e. The van der Waals surface area contributed by atoms with Crippen molar-refractivity contribution in [2.75, 3.05) is 19.7 Å². The fraction of sp³-hybridized carbons (Fsp3) is 0.625. The molecule has 2 nitrogen and oxygen atoms in total. The topological polar surface area (TPSA) is 21.3 Å². The third-order valence-corrected chi connectivity index (χ3v) is 4.74. The second-order valence-electron chi connectivity index (χ2n) is 6.05. The van der Waals surface area contributed by atoms with E-state index < -0.39 is 0 Å². The Morgan fingerprint density at radius 2 is 2.10 bits per heavy atom. The maximum absolute atomic E-state index is 13.7. The second-order valence-corrected chi connectivity index (χ2v) is 6.90. The molecule has 0 aromatic heterocycles. The number of rotatable bonds is 5. The molecule has 110 valence electrons. The van der Waals surface area contributed by atoms with Crippen LogP contribution in [-0.4, -0.2) is 19.7 Å². The minimum atomic E-state index is -0.186. The zero-order valence-corrected chi connectivity index (χ0v) is 13.2. The summed E-state index contributed by atoms with van der Waals surface area (Å²) in [6.45, 7) is 2.89. The standard InChI is InChI=1S/C16H21BrFNO/c17-15-8-14(18)7-13(6-12-2-1-5-19-9-12)16(15)20-10-11-3-4-11/h7-8,11-12,19H,1-6,9-10H2. The smallest absolute Gasteiger partial charge is 0.136 e. The lowest BCUT2D eigenvalue weighted by Gasteiger charge is -2.24. The van der Waals surface area contributed by atoms with E-state index in [-0.39, 0.29) is 5.82 Å². The predicted molar refractivity (Wildman–Crippen MR) is 81.6 cm³/mol. The Morgan fingerprint density at radius 3 is 2.80 bits per heavy atom. The maximum atomic E-state index is 13.7. The van der Waals surface area contributed by atoms with Crippen molar-refractivity contribution in [3.8, 4) is 5.75 Å². The summed E-state index contributed by atoms with van der Waals surface area (Å²) in [5, 5.41) is 3.42. The van der Waals surface area contributed by atoms with Crippen LogP contribution in [-0.2, 0) is 6.42 Å². The van der Waals surface area contributed by atoms with E-state index in [0.29, 0.717) is 11.8 Å². The SMILES string of the molecule is Fc1cc(Br)c(OCC2CC2)c(CC2CCCNC2)c1. The molecule has 1 heterocycles. The van der Waals surface area contributed by atoms with Gasteiger partial charge in [0.2, 0.25) is 0 Å². The highest BCUT2D eigenvalue weighted by Crippen LogP contribution is 2.36. The van der Waals surface area contributed by atoms with E-state index in [4.69, 9.17) is 4.74 Å². The monoisotopic (exact) mass is 341 g/mol. The minimum absolute atomic E-state index is 0.186. The van der Waals surface area contributed by atoms with Crippen molar-refractivity contribution in [1.82, 2.24) is 5.32 Å². The summed E-state index contributed by atoms with van der Waals surface area (Å²) in [6, 6.07) is 3.15. The van der Waals surface area contributed by atoms with Crippen LogP contribution < -0.4 is 10.1 Å². The molecule has 1 aliphatic carbocycles. The van der Waals surface area contributed by atoms with E-state index in [2.05, 4.69) is 21.2 Å². The molecule has 1 aromatic rings. The number of halogens is 2. The molecule has 0 spiro atoms. The van der Waals surface area contributed by atoms with Gasteiger partial charge in [0, 0.05) is 0 Å². The summed E-state index contributed by atoms with van der Waals surface area (Å²) < 4.78 is 20.4. The van der Waals surface area contributed by atoms with Crippen LogP contribution in [0.25, 0.3) is 0 Å². The zero-order valence-electron chi connectivity index (χ0n) is 11.6. The third kappa shape index (κ3) is 3.73. The zero-order chi connectivity index (χ0) is 13.9. The average molecular weight is 342 g/mol. The Labute approximate surface area is 128 Å². The first-order valence-corrected chi connectivity index (χ1v) is 8.33. The number of benzene rings is 1. The lowest BCUT2D eigenvalue weighted by molar-refractivity contribution is 0.290. The van der Waals surface area contributed by atoms with Crippen LogP contribution in [0.4, 0.5) is 4.39 Å². The summed E-state index contributed by atoms with van der Waals surface area (Å²) in [5.41, 5.74) is 1.01. The fourth-order valence-corrected chi connectivity index (χ4v) is 3.41. The first-order chi connectivity index (χ1) is 9.72. The molecule has 0 bridgehead atoms. The molecule has 1 N–H and O–H groups in total. The molecule has 1 aliphatic heterocycles. The molecule has 2 aliphatic rings. The van der Waals surface area contributed by atoms with Gasteiger partial charge < -0.3 is 10.1 Å². The summed E-state index contributed by atoms with van der Waals surface area (Å²) in [7, 11) is 0. The number of piperidine rings is 1. The summed E-state index contributed by atoms with van der Waals surface area (Å²) in [5.74, 6) is 1.95. The molecule has 1 saturated heterocycles. The number of hydrogen-bond acceptors (Lipinski definition) is 2. The van der Waals surface area contributed by atoms with Crippen molar-refractivity contribution in [3.05, 3.63) is 28.0 Å². The van der Waals surface area contributed by atoms with Gasteiger partial charge in [-0.15, -0.1) is 0 Å². The van der Waals surface area contributed by atoms with Crippen LogP contribution in [0.15, 0.2) is 16.6 Å². The van der Waals surface area contributed by atoms with E-state index in [1.54, 1.807) is 6.07 Å². The van der Waals surface area contributed by atoms with Gasteiger partial charge in [0.15, 0.2) is 0 Å². The van der Waals surface area contributed by atoms with Crippen molar-refractivity contribution in [2.45, 2.75) is 32.1 Å². The van der Waals surface area contributed by atoms with Gasteiger partial charge in [0.25, 0.3) is 0 Å². The summed E-state index contributed by atoms with van der Waals surface area (Å²) in [6.07, 6.45) is 5.84. The summed E-state index contributed by atoms with van der Waals surface area (Å²) >= 11 is 3.45. The van der Waals surface area contributed by atoms with Crippen LogP contribution in [0.3, 0.4) is 0 Å². The minimum Gasteiger partial charge on any atom is -0.492 e. The Bertz CT molecular complexity index is 470. The molecular weight excluding hydrogens is 321 g/mol. The third-order valence-electron chi connectivity index (χ3n) is 4.15. The molecule has 1 atom stereocenters. The van der Waals surface area contributed by atoms with Gasteiger partial charge in [-0.3, -0.25) is 0 Å². The Hall–Kier alpha value is -0.610. The number of nitrogens with one attached hydrogen (secondary N) is 1. The molecule has 3 rings (SSSR count). The second kappa shape index (κ2) is 6.44. The van der Waals surface area contributed by atoms with E-state index in [1.807, 2.05) is 0 Å². The van der Waals surface area contributed by atoms with Crippen LogP contribution in [0.2, 0.25) is 0 Å². The lowest BCUT2D eigenvalue weighted by atomic mass is 9.92. The quantitative estimate of drug-likeness (QED) is 0.876. The molecule has 2 fully saturated rings. The molecule has 1 saturated carbocycles. The largest absolute Gasteiger partial charge is 0.492 e. The van der Waals surface area contributed by atoms with Crippen molar-refractivity contribution < 1.29 is 9.13 Å².